The van der Waals surface area contributed by atoms with Gasteiger partial charge in [0.05, 0.1) is 11.4 Å². The number of nitrogens with one attached hydrogen (secondary N) is 1. The van der Waals surface area contributed by atoms with Gasteiger partial charge in [-0.2, -0.15) is 0 Å². The van der Waals surface area contributed by atoms with Crippen LogP contribution in [0.15, 0.2) is 82.8 Å². The summed E-state index contributed by atoms with van der Waals surface area (Å²) >= 11 is 0. The summed E-state index contributed by atoms with van der Waals surface area (Å²) in [6.07, 6.45) is 4.61. The van der Waals surface area contributed by atoms with Crippen LogP contribution in [0.5, 0.6) is 0 Å². The molecule has 10 nitrogen and oxygen atoms in total. The lowest BCUT2D eigenvalue weighted by atomic mass is 10.2. The number of H-pyrrole nitrogens is 1. The molecule has 34 heavy (non-hydrogen) atoms. The molecule has 0 unspecified atom stereocenters. The van der Waals surface area contributed by atoms with Crippen molar-refractivity contribution in [3.63, 3.8) is 0 Å². The van der Waals surface area contributed by atoms with Gasteiger partial charge in [-0.15, -0.1) is 10.2 Å². The number of hydrogen-bond acceptors (Lipinski definition) is 7. The van der Waals surface area contributed by atoms with E-state index in [1.54, 1.807) is 47.6 Å². The number of carbonyl (C=O) groups is 1. The number of aromatic nitrogens is 5. The number of hydrogen-bond donors (Lipinski definition) is 1. The molecule has 1 aliphatic heterocycles. The average Bonchev–Trinajstić information content (AvgIpc) is 2.90. The second kappa shape index (κ2) is 9.10. The predicted octanol–water partition coefficient (Wildman–Crippen LogP) is 1.34. The molecule has 0 bridgehead atoms. The number of carbonyl (C=O) groups excluding carboxylic acids is 1. The second-order valence-electron chi connectivity index (χ2n) is 7.78. The van der Waals surface area contributed by atoms with Crippen molar-refractivity contribution in [1.29, 1.82) is 0 Å². The van der Waals surface area contributed by atoms with E-state index in [4.69, 9.17) is 0 Å². The van der Waals surface area contributed by atoms with Gasteiger partial charge < -0.3 is 14.8 Å². The molecule has 10 heteroatoms. The zero-order valence-corrected chi connectivity index (χ0v) is 18.2. The number of piperazine rings is 1. The Bertz CT molecular complexity index is 1410. The lowest BCUT2D eigenvalue weighted by Gasteiger charge is -2.35. The zero-order valence-electron chi connectivity index (χ0n) is 18.2. The molecule has 1 fully saturated rings. The van der Waals surface area contributed by atoms with Crippen molar-refractivity contribution in [2.45, 2.75) is 0 Å². The van der Waals surface area contributed by atoms with E-state index < -0.39 is 17.2 Å². The first-order valence-electron chi connectivity index (χ1n) is 10.8. The van der Waals surface area contributed by atoms with Gasteiger partial charge in [0.1, 0.15) is 5.56 Å². The Hall–Kier alpha value is -4.60. The van der Waals surface area contributed by atoms with E-state index in [0.717, 1.165) is 21.6 Å². The highest BCUT2D eigenvalue weighted by Gasteiger charge is 2.26. The van der Waals surface area contributed by atoms with E-state index >= 15 is 0 Å². The highest BCUT2D eigenvalue weighted by molar-refractivity contribution is 5.93. The fourth-order valence-electron chi connectivity index (χ4n) is 3.92. The van der Waals surface area contributed by atoms with Crippen LogP contribution in [-0.2, 0) is 0 Å². The molecule has 1 saturated heterocycles. The van der Waals surface area contributed by atoms with Gasteiger partial charge in [0, 0.05) is 50.3 Å². The van der Waals surface area contributed by atoms with Crippen molar-refractivity contribution in [3.05, 3.63) is 99.6 Å². The predicted molar refractivity (Wildman–Crippen MR) is 126 cm³/mol. The average molecular weight is 455 g/mol. The van der Waals surface area contributed by atoms with Crippen LogP contribution in [0.2, 0.25) is 0 Å². The summed E-state index contributed by atoms with van der Waals surface area (Å²) in [5.74, 6) is 0.310. The molecule has 5 rings (SSSR count). The fourth-order valence-corrected chi connectivity index (χ4v) is 3.92. The normalized spacial score (nSPS) is 13.6. The summed E-state index contributed by atoms with van der Waals surface area (Å²) in [6.45, 7) is 1.92. The van der Waals surface area contributed by atoms with Crippen LogP contribution in [0, 0.1) is 0 Å². The SMILES string of the molecule is O=C(c1c[nH]c(=O)n(-c2ccccc2)c1=O)N1CCN(c2ccc(-c3ccncc3)nn2)CC1. The lowest BCUT2D eigenvalue weighted by Crippen LogP contribution is -2.50. The van der Waals surface area contributed by atoms with Crippen LogP contribution in [0.1, 0.15) is 10.4 Å². The first-order chi connectivity index (χ1) is 16.6. The van der Waals surface area contributed by atoms with Crippen LogP contribution in [0.4, 0.5) is 5.82 Å². The zero-order chi connectivity index (χ0) is 23.5. The molecule has 0 radical (unpaired) electrons. The summed E-state index contributed by atoms with van der Waals surface area (Å²) in [4.78, 5) is 48.5. The molecule has 1 N–H and O–H groups in total. The number of amides is 1. The maximum absolute atomic E-state index is 13.1. The second-order valence-corrected chi connectivity index (χ2v) is 7.78. The number of rotatable bonds is 4. The van der Waals surface area contributed by atoms with Crippen LogP contribution >= 0.6 is 0 Å². The minimum absolute atomic E-state index is 0.0709. The van der Waals surface area contributed by atoms with Crippen LogP contribution in [-0.4, -0.2) is 61.7 Å². The fraction of sp³-hybridized carbons (Fsp3) is 0.167. The number of para-hydroxylation sites is 1. The Labute approximate surface area is 194 Å². The smallest absolute Gasteiger partial charge is 0.333 e. The number of pyridine rings is 1. The van der Waals surface area contributed by atoms with E-state index in [9.17, 15) is 14.4 Å². The largest absolute Gasteiger partial charge is 0.352 e. The van der Waals surface area contributed by atoms with Crippen molar-refractivity contribution < 1.29 is 4.79 Å². The first-order valence-corrected chi connectivity index (χ1v) is 10.8. The van der Waals surface area contributed by atoms with Gasteiger partial charge in [0.15, 0.2) is 5.82 Å². The summed E-state index contributed by atoms with van der Waals surface area (Å²) in [5.41, 5.74) is 0.797. The van der Waals surface area contributed by atoms with E-state index in [1.807, 2.05) is 29.2 Å². The molecule has 3 aromatic heterocycles. The third kappa shape index (κ3) is 4.08. The number of benzene rings is 1. The molecule has 1 amide bonds. The van der Waals surface area contributed by atoms with E-state index in [0.29, 0.717) is 31.9 Å². The molecule has 4 aromatic rings. The highest BCUT2D eigenvalue weighted by atomic mass is 16.2. The summed E-state index contributed by atoms with van der Waals surface area (Å²) < 4.78 is 0.976. The van der Waals surface area contributed by atoms with Crippen LogP contribution in [0.3, 0.4) is 0 Å². The van der Waals surface area contributed by atoms with Crippen molar-refractivity contribution >= 4 is 11.7 Å². The standard InChI is InChI=1S/C24H21N7O3/c32-22(19-16-26-24(34)31(23(19)33)18-4-2-1-3-5-18)30-14-12-29(13-15-30)21-7-6-20(27-28-21)17-8-10-25-11-9-17/h1-11,16H,12-15H2,(H,26,34). The maximum Gasteiger partial charge on any atom is 0.333 e. The minimum Gasteiger partial charge on any atom is -0.352 e. The molecule has 0 saturated carbocycles. The van der Waals surface area contributed by atoms with Gasteiger partial charge in [-0.05, 0) is 36.4 Å². The van der Waals surface area contributed by atoms with Crippen LogP contribution in [0.25, 0.3) is 16.9 Å². The van der Waals surface area contributed by atoms with E-state index in [-0.39, 0.29) is 5.56 Å². The van der Waals surface area contributed by atoms with Crippen molar-refractivity contribution in [2.75, 3.05) is 31.1 Å². The topological polar surface area (TPSA) is 117 Å². The Morgan fingerprint density at radius 2 is 1.59 bits per heavy atom. The molecule has 1 aromatic carbocycles. The molecule has 0 aliphatic carbocycles. The van der Waals surface area contributed by atoms with Gasteiger partial charge >= 0.3 is 5.69 Å². The Morgan fingerprint density at radius 3 is 2.26 bits per heavy atom. The van der Waals surface area contributed by atoms with Gasteiger partial charge in [0.2, 0.25) is 0 Å². The summed E-state index contributed by atoms with van der Waals surface area (Å²) in [6, 6.07) is 16.1. The third-order valence-corrected chi connectivity index (χ3v) is 5.74. The molecule has 0 spiro atoms. The monoisotopic (exact) mass is 455 g/mol. The number of anilines is 1. The summed E-state index contributed by atoms with van der Waals surface area (Å²) in [7, 11) is 0. The van der Waals surface area contributed by atoms with Crippen molar-refractivity contribution in [2.24, 2.45) is 0 Å². The quantitative estimate of drug-likeness (QED) is 0.493. The first kappa shape index (κ1) is 21.3. The Kier molecular flexibility index (Phi) is 5.69. The van der Waals surface area contributed by atoms with Crippen molar-refractivity contribution in [3.8, 4) is 16.9 Å². The van der Waals surface area contributed by atoms with Gasteiger partial charge in [-0.3, -0.25) is 14.6 Å². The van der Waals surface area contributed by atoms with Gasteiger partial charge in [0.25, 0.3) is 11.5 Å². The third-order valence-electron chi connectivity index (χ3n) is 5.74. The number of aromatic amines is 1. The molecule has 1 aliphatic rings. The van der Waals surface area contributed by atoms with Crippen molar-refractivity contribution in [1.82, 2.24) is 29.6 Å². The Morgan fingerprint density at radius 1 is 0.853 bits per heavy atom. The molecular weight excluding hydrogens is 434 g/mol. The summed E-state index contributed by atoms with van der Waals surface area (Å²) in [5, 5.41) is 8.64. The molecule has 0 atom stereocenters. The minimum atomic E-state index is -0.639. The van der Waals surface area contributed by atoms with Gasteiger partial charge in [-0.1, -0.05) is 18.2 Å². The van der Waals surface area contributed by atoms with E-state index in [2.05, 4.69) is 20.2 Å². The lowest BCUT2D eigenvalue weighted by molar-refractivity contribution is 0.0743. The molecular formula is C24H21N7O3. The van der Waals surface area contributed by atoms with Gasteiger partial charge in [-0.25, -0.2) is 9.36 Å². The maximum atomic E-state index is 13.1. The van der Waals surface area contributed by atoms with E-state index in [1.165, 1.54) is 6.20 Å². The molecule has 170 valence electrons. The molecule has 4 heterocycles. The highest BCUT2D eigenvalue weighted by Crippen LogP contribution is 2.19. The number of nitrogens with zero attached hydrogens (tertiary/aromatic N) is 6. The Balaban J connectivity index is 1.30. The van der Waals surface area contributed by atoms with Crippen LogP contribution < -0.4 is 16.1 Å².